The van der Waals surface area contributed by atoms with Crippen LogP contribution in [-0.2, 0) is 11.3 Å². The van der Waals surface area contributed by atoms with Crippen LogP contribution in [0.3, 0.4) is 0 Å². The van der Waals surface area contributed by atoms with Crippen LogP contribution in [0.25, 0.3) is 10.6 Å². The van der Waals surface area contributed by atoms with E-state index in [1.165, 1.54) is 5.56 Å². The average molecular weight is 338 g/mol. The zero-order chi connectivity index (χ0) is 16.2. The van der Waals surface area contributed by atoms with E-state index in [2.05, 4.69) is 44.3 Å². The molecule has 0 spiro atoms. The molecule has 0 saturated heterocycles. The van der Waals surface area contributed by atoms with Crippen molar-refractivity contribution in [3.63, 3.8) is 0 Å². The van der Waals surface area contributed by atoms with Crippen LogP contribution in [-0.4, -0.2) is 34.4 Å². The standard InChI is InChI=1S/C16H23N3OS2/c1-5-19(9-14(20)18-16(2,3)4)8-13-11-22-15(17-13)12-6-7-21-10-12/h6-7,10-11H,5,8-9H2,1-4H3,(H,18,20). The van der Waals surface area contributed by atoms with Gasteiger partial charge in [0.25, 0.3) is 0 Å². The van der Waals surface area contributed by atoms with E-state index in [0.29, 0.717) is 13.1 Å². The molecule has 6 heteroatoms. The summed E-state index contributed by atoms with van der Waals surface area (Å²) < 4.78 is 0. The highest BCUT2D eigenvalue weighted by molar-refractivity contribution is 7.14. The Balaban J connectivity index is 1.94. The zero-order valence-electron chi connectivity index (χ0n) is 13.5. The van der Waals surface area contributed by atoms with Gasteiger partial charge in [0.1, 0.15) is 5.01 Å². The van der Waals surface area contributed by atoms with Gasteiger partial charge in [-0.25, -0.2) is 4.98 Å². The summed E-state index contributed by atoms with van der Waals surface area (Å²) in [7, 11) is 0. The third kappa shape index (κ3) is 5.19. The van der Waals surface area contributed by atoms with Crippen LogP contribution in [0.15, 0.2) is 22.2 Å². The van der Waals surface area contributed by atoms with Gasteiger partial charge in [0.2, 0.25) is 5.91 Å². The summed E-state index contributed by atoms with van der Waals surface area (Å²) in [6, 6.07) is 2.08. The van der Waals surface area contributed by atoms with Crippen molar-refractivity contribution in [2.75, 3.05) is 13.1 Å². The van der Waals surface area contributed by atoms with Crippen molar-refractivity contribution >= 4 is 28.6 Å². The Labute approximate surface area is 140 Å². The van der Waals surface area contributed by atoms with Gasteiger partial charge in [-0.3, -0.25) is 9.69 Å². The topological polar surface area (TPSA) is 45.2 Å². The van der Waals surface area contributed by atoms with Gasteiger partial charge >= 0.3 is 0 Å². The molecule has 0 bridgehead atoms. The van der Waals surface area contributed by atoms with Crippen LogP contribution in [0.5, 0.6) is 0 Å². The second-order valence-corrected chi connectivity index (χ2v) is 7.90. The number of thiophene rings is 1. The second-order valence-electron chi connectivity index (χ2n) is 6.26. The largest absolute Gasteiger partial charge is 0.350 e. The summed E-state index contributed by atoms with van der Waals surface area (Å²) >= 11 is 3.34. The Morgan fingerprint density at radius 2 is 2.14 bits per heavy atom. The van der Waals surface area contributed by atoms with E-state index in [1.807, 2.05) is 20.8 Å². The first-order valence-corrected chi connectivity index (χ1v) is 9.20. The predicted octanol–water partition coefficient (Wildman–Crippen LogP) is 3.61. The number of hydrogen-bond donors (Lipinski definition) is 1. The molecule has 22 heavy (non-hydrogen) atoms. The van der Waals surface area contributed by atoms with E-state index < -0.39 is 0 Å². The smallest absolute Gasteiger partial charge is 0.234 e. The van der Waals surface area contributed by atoms with E-state index in [1.54, 1.807) is 22.7 Å². The first-order valence-electron chi connectivity index (χ1n) is 7.37. The molecule has 120 valence electrons. The number of rotatable bonds is 6. The highest BCUT2D eigenvalue weighted by Gasteiger charge is 2.17. The third-order valence-electron chi connectivity index (χ3n) is 3.03. The lowest BCUT2D eigenvalue weighted by atomic mass is 10.1. The van der Waals surface area contributed by atoms with Gasteiger partial charge in [-0.05, 0) is 38.8 Å². The fourth-order valence-electron chi connectivity index (χ4n) is 2.07. The van der Waals surface area contributed by atoms with Crippen molar-refractivity contribution in [3.8, 4) is 10.6 Å². The Kier molecular flexibility index (Phi) is 5.72. The molecular weight excluding hydrogens is 314 g/mol. The minimum absolute atomic E-state index is 0.0580. The molecule has 0 aliphatic carbocycles. The lowest BCUT2D eigenvalue weighted by Gasteiger charge is -2.24. The molecule has 1 amide bonds. The number of carbonyl (C=O) groups is 1. The van der Waals surface area contributed by atoms with Crippen molar-refractivity contribution in [1.82, 2.24) is 15.2 Å². The normalized spacial score (nSPS) is 11.9. The molecule has 0 radical (unpaired) electrons. The van der Waals surface area contributed by atoms with Crippen molar-refractivity contribution in [2.45, 2.75) is 39.8 Å². The lowest BCUT2D eigenvalue weighted by Crippen LogP contribution is -2.45. The number of aromatic nitrogens is 1. The molecule has 2 aromatic heterocycles. The molecule has 0 saturated carbocycles. The molecule has 2 heterocycles. The lowest BCUT2D eigenvalue weighted by molar-refractivity contribution is -0.123. The Morgan fingerprint density at radius 3 is 2.73 bits per heavy atom. The second kappa shape index (κ2) is 7.35. The molecule has 0 aliphatic heterocycles. The number of thiazole rings is 1. The van der Waals surface area contributed by atoms with Gasteiger partial charge in [-0.1, -0.05) is 6.92 Å². The quantitative estimate of drug-likeness (QED) is 0.876. The van der Waals surface area contributed by atoms with Crippen LogP contribution in [0, 0.1) is 0 Å². The zero-order valence-corrected chi connectivity index (χ0v) is 15.2. The van der Waals surface area contributed by atoms with Gasteiger partial charge in [0.05, 0.1) is 12.2 Å². The molecule has 1 N–H and O–H groups in total. The number of hydrogen-bond acceptors (Lipinski definition) is 5. The van der Waals surface area contributed by atoms with Gasteiger partial charge in [-0.15, -0.1) is 11.3 Å². The molecule has 0 aliphatic rings. The van der Waals surface area contributed by atoms with Crippen molar-refractivity contribution in [2.24, 2.45) is 0 Å². The Morgan fingerprint density at radius 1 is 1.36 bits per heavy atom. The molecule has 0 aromatic carbocycles. The molecule has 2 rings (SSSR count). The van der Waals surface area contributed by atoms with E-state index in [-0.39, 0.29) is 11.4 Å². The summed E-state index contributed by atoms with van der Waals surface area (Å²) in [4.78, 5) is 18.8. The predicted molar refractivity (Wildman–Crippen MR) is 94.3 cm³/mol. The molecule has 0 atom stereocenters. The van der Waals surface area contributed by atoms with Gasteiger partial charge in [0, 0.05) is 28.4 Å². The van der Waals surface area contributed by atoms with Crippen LogP contribution in [0.1, 0.15) is 33.4 Å². The molecule has 0 unspecified atom stereocenters. The first-order chi connectivity index (χ1) is 10.4. The van der Waals surface area contributed by atoms with Crippen LogP contribution >= 0.6 is 22.7 Å². The van der Waals surface area contributed by atoms with Crippen molar-refractivity contribution in [3.05, 3.63) is 27.9 Å². The highest BCUT2D eigenvalue weighted by atomic mass is 32.1. The van der Waals surface area contributed by atoms with Crippen molar-refractivity contribution < 1.29 is 4.79 Å². The maximum Gasteiger partial charge on any atom is 0.234 e. The summed E-state index contributed by atoms with van der Waals surface area (Å²) in [5, 5.41) is 10.3. The van der Waals surface area contributed by atoms with Crippen LogP contribution in [0.2, 0.25) is 0 Å². The van der Waals surface area contributed by atoms with E-state index in [9.17, 15) is 4.79 Å². The summed E-state index contributed by atoms with van der Waals surface area (Å²) in [6.07, 6.45) is 0. The van der Waals surface area contributed by atoms with E-state index in [4.69, 9.17) is 0 Å². The average Bonchev–Trinajstić information content (AvgIpc) is 3.05. The number of likely N-dealkylation sites (N-methyl/N-ethyl adjacent to an activating group) is 1. The minimum atomic E-state index is -0.191. The van der Waals surface area contributed by atoms with Gasteiger partial charge in [-0.2, -0.15) is 11.3 Å². The summed E-state index contributed by atoms with van der Waals surface area (Å²) in [6.45, 7) is 9.98. The van der Waals surface area contributed by atoms with Crippen molar-refractivity contribution in [1.29, 1.82) is 0 Å². The summed E-state index contributed by atoms with van der Waals surface area (Å²) in [5.74, 6) is 0.0580. The van der Waals surface area contributed by atoms with E-state index >= 15 is 0 Å². The number of nitrogens with zero attached hydrogens (tertiary/aromatic N) is 2. The monoisotopic (exact) mass is 337 g/mol. The molecule has 0 fully saturated rings. The fraction of sp³-hybridized carbons (Fsp3) is 0.500. The SMILES string of the molecule is CCN(CC(=O)NC(C)(C)C)Cc1csc(-c2ccsc2)n1. The number of nitrogens with one attached hydrogen (secondary N) is 1. The first kappa shape index (κ1) is 17.1. The highest BCUT2D eigenvalue weighted by Crippen LogP contribution is 2.26. The fourth-order valence-corrected chi connectivity index (χ4v) is 3.59. The minimum Gasteiger partial charge on any atom is -0.350 e. The maximum atomic E-state index is 12.0. The molecule has 4 nitrogen and oxygen atoms in total. The van der Waals surface area contributed by atoms with Gasteiger partial charge < -0.3 is 5.32 Å². The maximum absolute atomic E-state index is 12.0. The summed E-state index contributed by atoms with van der Waals surface area (Å²) in [5.41, 5.74) is 2.01. The Bertz CT molecular complexity index is 599. The van der Waals surface area contributed by atoms with Crippen LogP contribution < -0.4 is 5.32 Å². The van der Waals surface area contributed by atoms with E-state index in [0.717, 1.165) is 17.2 Å². The van der Waals surface area contributed by atoms with Crippen LogP contribution in [0.4, 0.5) is 0 Å². The number of amides is 1. The Hall–Kier alpha value is -1.24. The number of carbonyl (C=O) groups excluding carboxylic acids is 1. The third-order valence-corrected chi connectivity index (χ3v) is 4.66. The van der Waals surface area contributed by atoms with Gasteiger partial charge in [0.15, 0.2) is 0 Å². The molecular formula is C16H23N3OS2. The molecule has 2 aromatic rings.